The zero-order valence-electron chi connectivity index (χ0n) is 14.0. The number of piperidine rings is 1. The van der Waals surface area contributed by atoms with Crippen LogP contribution in [-0.2, 0) is 4.79 Å². The van der Waals surface area contributed by atoms with Gasteiger partial charge < -0.3 is 9.64 Å². The van der Waals surface area contributed by atoms with Gasteiger partial charge in [-0.15, -0.1) is 5.10 Å². The van der Waals surface area contributed by atoms with E-state index in [1.54, 1.807) is 17.8 Å². The highest BCUT2D eigenvalue weighted by molar-refractivity contribution is 6.31. The Balaban J connectivity index is 1.67. The van der Waals surface area contributed by atoms with Gasteiger partial charge in [0, 0.05) is 13.1 Å². The highest BCUT2D eigenvalue weighted by Crippen LogP contribution is 2.25. The molecule has 24 heavy (non-hydrogen) atoms. The lowest BCUT2D eigenvalue weighted by molar-refractivity contribution is -0.139. The summed E-state index contributed by atoms with van der Waals surface area (Å²) in [5.74, 6) is 0.959. The average molecular weight is 348 g/mol. The number of carbonyl (C=O) groups is 1. The second-order valence-corrected chi connectivity index (χ2v) is 6.74. The zero-order valence-corrected chi connectivity index (χ0v) is 14.7. The van der Waals surface area contributed by atoms with Crippen molar-refractivity contribution in [3.63, 3.8) is 0 Å². The minimum Gasteiger partial charge on any atom is -0.462 e. The van der Waals surface area contributed by atoms with E-state index in [1.165, 1.54) is 0 Å². The monoisotopic (exact) mass is 347 g/mol. The maximum atomic E-state index is 12.5. The first-order chi connectivity index (χ1) is 11.5. The number of benzene rings is 1. The van der Waals surface area contributed by atoms with Crippen molar-refractivity contribution < 1.29 is 9.53 Å². The van der Waals surface area contributed by atoms with Crippen LogP contribution < -0.4 is 4.74 Å². The Labute approximate surface area is 147 Å². The van der Waals surface area contributed by atoms with Crippen molar-refractivity contribution in [3.05, 3.63) is 41.6 Å². The molecule has 0 saturated carbocycles. The molecule has 0 spiro atoms. The standard InChI is InChI=1S/C18H22ClN3O2/c1-13-8-10-21(11-9-13)18(23)14(2)24-17-16(19)12-22(20-17)15-6-4-3-5-7-15/h3-7,12-14H,8-11H2,1-2H3. The predicted octanol–water partition coefficient (Wildman–Crippen LogP) is 3.55. The third-order valence-corrected chi connectivity index (χ3v) is 4.65. The molecule has 1 saturated heterocycles. The van der Waals surface area contributed by atoms with Crippen molar-refractivity contribution in [2.24, 2.45) is 5.92 Å². The van der Waals surface area contributed by atoms with E-state index >= 15 is 0 Å². The van der Waals surface area contributed by atoms with E-state index in [-0.39, 0.29) is 11.8 Å². The first kappa shape index (κ1) is 16.8. The van der Waals surface area contributed by atoms with Crippen LogP contribution in [0.1, 0.15) is 26.7 Å². The lowest BCUT2D eigenvalue weighted by Gasteiger charge is -2.31. The number of ether oxygens (including phenoxy) is 1. The molecule has 1 atom stereocenters. The Kier molecular flexibility index (Phi) is 5.09. The number of halogens is 1. The summed E-state index contributed by atoms with van der Waals surface area (Å²) in [5, 5.41) is 4.75. The van der Waals surface area contributed by atoms with Gasteiger partial charge in [-0.3, -0.25) is 4.79 Å². The molecule has 1 aromatic carbocycles. The van der Waals surface area contributed by atoms with Gasteiger partial charge in [0.2, 0.25) is 0 Å². The average Bonchev–Trinajstić information content (AvgIpc) is 2.96. The fourth-order valence-corrected chi connectivity index (χ4v) is 3.01. The van der Waals surface area contributed by atoms with E-state index in [0.717, 1.165) is 31.6 Å². The summed E-state index contributed by atoms with van der Waals surface area (Å²) >= 11 is 6.22. The molecule has 1 aromatic heterocycles. The van der Waals surface area contributed by atoms with E-state index in [9.17, 15) is 4.79 Å². The molecule has 2 aromatic rings. The van der Waals surface area contributed by atoms with E-state index in [0.29, 0.717) is 10.9 Å². The van der Waals surface area contributed by atoms with E-state index in [2.05, 4.69) is 12.0 Å². The summed E-state index contributed by atoms with van der Waals surface area (Å²) in [4.78, 5) is 14.4. The van der Waals surface area contributed by atoms with Crippen molar-refractivity contribution in [3.8, 4) is 11.6 Å². The fraction of sp³-hybridized carbons (Fsp3) is 0.444. The molecule has 128 valence electrons. The summed E-state index contributed by atoms with van der Waals surface area (Å²) in [6, 6.07) is 9.64. The van der Waals surface area contributed by atoms with Crippen LogP contribution in [0.2, 0.25) is 5.02 Å². The van der Waals surface area contributed by atoms with Crippen molar-refractivity contribution in [2.45, 2.75) is 32.8 Å². The number of nitrogens with zero attached hydrogens (tertiary/aromatic N) is 3. The molecule has 1 unspecified atom stereocenters. The summed E-state index contributed by atoms with van der Waals surface area (Å²) in [5.41, 5.74) is 0.887. The van der Waals surface area contributed by atoms with Gasteiger partial charge >= 0.3 is 0 Å². The first-order valence-corrected chi connectivity index (χ1v) is 8.68. The zero-order chi connectivity index (χ0) is 17.1. The van der Waals surface area contributed by atoms with Crippen LogP contribution in [-0.4, -0.2) is 39.8 Å². The van der Waals surface area contributed by atoms with Gasteiger partial charge in [0.15, 0.2) is 6.10 Å². The number of likely N-dealkylation sites (tertiary alicyclic amines) is 1. The van der Waals surface area contributed by atoms with Crippen LogP contribution in [0.3, 0.4) is 0 Å². The number of hydrogen-bond acceptors (Lipinski definition) is 3. The third-order valence-electron chi connectivity index (χ3n) is 4.39. The molecule has 0 N–H and O–H groups in total. The molecule has 1 fully saturated rings. The second kappa shape index (κ2) is 7.26. The van der Waals surface area contributed by atoms with Gasteiger partial charge in [0.05, 0.1) is 11.9 Å². The van der Waals surface area contributed by atoms with E-state index in [1.807, 2.05) is 35.2 Å². The molecular formula is C18H22ClN3O2. The molecule has 3 rings (SSSR count). The van der Waals surface area contributed by atoms with Gasteiger partial charge in [-0.1, -0.05) is 36.7 Å². The van der Waals surface area contributed by atoms with Crippen LogP contribution in [0, 0.1) is 5.92 Å². The Morgan fingerprint density at radius 2 is 1.96 bits per heavy atom. The minimum absolute atomic E-state index is 0.00720. The maximum absolute atomic E-state index is 12.5. The lowest BCUT2D eigenvalue weighted by atomic mass is 9.99. The van der Waals surface area contributed by atoms with Gasteiger partial charge in [-0.25, -0.2) is 4.68 Å². The normalized spacial score (nSPS) is 16.9. The van der Waals surface area contributed by atoms with Gasteiger partial charge in [-0.05, 0) is 37.8 Å². The first-order valence-electron chi connectivity index (χ1n) is 8.30. The van der Waals surface area contributed by atoms with Crippen molar-refractivity contribution in [1.29, 1.82) is 0 Å². The highest BCUT2D eigenvalue weighted by atomic mass is 35.5. The van der Waals surface area contributed by atoms with E-state index in [4.69, 9.17) is 16.3 Å². The summed E-state index contributed by atoms with van der Waals surface area (Å²) in [6.07, 6.45) is 3.17. The van der Waals surface area contributed by atoms with Gasteiger partial charge in [0.1, 0.15) is 5.02 Å². The quantitative estimate of drug-likeness (QED) is 0.849. The molecule has 6 heteroatoms. The minimum atomic E-state index is -0.602. The lowest BCUT2D eigenvalue weighted by Crippen LogP contribution is -2.44. The summed E-state index contributed by atoms with van der Waals surface area (Å²) in [7, 11) is 0. The number of hydrogen-bond donors (Lipinski definition) is 0. The number of rotatable bonds is 4. The Morgan fingerprint density at radius 3 is 2.62 bits per heavy atom. The molecule has 2 heterocycles. The molecule has 1 amide bonds. The maximum Gasteiger partial charge on any atom is 0.263 e. The SMILES string of the molecule is CC1CCN(C(=O)C(C)Oc2nn(-c3ccccc3)cc2Cl)CC1. The Morgan fingerprint density at radius 1 is 1.29 bits per heavy atom. The molecule has 0 bridgehead atoms. The van der Waals surface area contributed by atoms with E-state index < -0.39 is 6.10 Å². The van der Waals surface area contributed by atoms with Crippen LogP contribution >= 0.6 is 11.6 Å². The Hall–Kier alpha value is -2.01. The molecule has 1 aliphatic heterocycles. The molecule has 0 aliphatic carbocycles. The number of para-hydroxylation sites is 1. The smallest absolute Gasteiger partial charge is 0.263 e. The fourth-order valence-electron chi connectivity index (χ4n) is 2.83. The van der Waals surface area contributed by atoms with Crippen molar-refractivity contribution >= 4 is 17.5 Å². The summed E-state index contributed by atoms with van der Waals surface area (Å²) < 4.78 is 7.38. The van der Waals surface area contributed by atoms with Crippen molar-refractivity contribution in [2.75, 3.05) is 13.1 Å². The Bertz CT molecular complexity index is 694. The number of aromatic nitrogens is 2. The molecule has 5 nitrogen and oxygen atoms in total. The second-order valence-electron chi connectivity index (χ2n) is 6.33. The van der Waals surface area contributed by atoms with Crippen LogP contribution in [0.25, 0.3) is 5.69 Å². The number of amides is 1. The third kappa shape index (κ3) is 3.73. The van der Waals surface area contributed by atoms with Gasteiger partial charge in [-0.2, -0.15) is 0 Å². The van der Waals surface area contributed by atoms with Crippen LogP contribution in [0.4, 0.5) is 0 Å². The topological polar surface area (TPSA) is 47.4 Å². The summed E-state index contributed by atoms with van der Waals surface area (Å²) in [6.45, 7) is 5.55. The van der Waals surface area contributed by atoms with Gasteiger partial charge in [0.25, 0.3) is 11.8 Å². The molecular weight excluding hydrogens is 326 g/mol. The van der Waals surface area contributed by atoms with Crippen molar-refractivity contribution in [1.82, 2.24) is 14.7 Å². The number of carbonyl (C=O) groups excluding carboxylic acids is 1. The largest absolute Gasteiger partial charge is 0.462 e. The molecule has 1 aliphatic rings. The predicted molar refractivity (Wildman–Crippen MR) is 93.6 cm³/mol. The highest BCUT2D eigenvalue weighted by Gasteiger charge is 2.26. The van der Waals surface area contributed by atoms with Crippen LogP contribution in [0.5, 0.6) is 5.88 Å². The molecule has 0 radical (unpaired) electrons. The van der Waals surface area contributed by atoms with Crippen LogP contribution in [0.15, 0.2) is 36.5 Å².